The van der Waals surface area contributed by atoms with Crippen LogP contribution in [0.4, 0.5) is 0 Å². The predicted molar refractivity (Wildman–Crippen MR) is 150 cm³/mol. The molecule has 8 heteroatoms. The minimum absolute atomic E-state index is 0. The third-order valence-electron chi connectivity index (χ3n) is 5.12. The van der Waals surface area contributed by atoms with Gasteiger partial charge in [0, 0.05) is 10.6 Å². The number of benzene rings is 4. The Kier molecular flexibility index (Phi) is 12.3. The summed E-state index contributed by atoms with van der Waals surface area (Å²) in [5.74, 6) is 0.196. The standard InChI is InChI=1S/C25H23O2P2.Br2Se.BrH/c26-28(22-13-5-1-6-14-22,23-15-7-2-8-16-23)21-29(27,24-17-9-3-10-18-24)25-19-11-4-12-20-25;1-3-2;/h1-20,26H,21H2;;1H/q+1;;/p-1. The van der Waals surface area contributed by atoms with E-state index in [1.165, 1.54) is 0 Å². The summed E-state index contributed by atoms with van der Waals surface area (Å²) in [4.78, 5) is 12.2. The van der Waals surface area contributed by atoms with Gasteiger partial charge in [-0.25, -0.2) is 4.89 Å². The SMILES string of the molecule is Br[Se]Br.O=P(C[P+](O)(c1ccccc1)c1ccccc1)(c1ccccc1)c1ccccc1.[Br-]. The van der Waals surface area contributed by atoms with Crippen LogP contribution in [0.25, 0.3) is 0 Å². The molecule has 0 aliphatic carbocycles. The van der Waals surface area contributed by atoms with E-state index in [9.17, 15) is 9.46 Å². The van der Waals surface area contributed by atoms with Gasteiger partial charge in [0.25, 0.3) is 0 Å². The van der Waals surface area contributed by atoms with Crippen molar-refractivity contribution in [2.24, 2.45) is 0 Å². The van der Waals surface area contributed by atoms with E-state index in [0.717, 1.165) is 21.2 Å². The minimum Gasteiger partial charge on any atom is -1.00 e. The van der Waals surface area contributed by atoms with Gasteiger partial charge in [0.05, 0.1) is 0 Å². The Bertz CT molecular complexity index is 1050. The van der Waals surface area contributed by atoms with Crippen molar-refractivity contribution in [3.63, 3.8) is 0 Å². The molecule has 0 unspecified atom stereocenters. The monoisotopic (exact) mass is 734 g/mol. The van der Waals surface area contributed by atoms with E-state index in [1.54, 1.807) is 0 Å². The molecule has 0 bridgehead atoms. The van der Waals surface area contributed by atoms with Crippen LogP contribution in [0.15, 0.2) is 121 Å². The summed E-state index contributed by atoms with van der Waals surface area (Å²) in [6, 6.07) is 38.5. The molecule has 0 heterocycles. The van der Waals surface area contributed by atoms with Crippen molar-refractivity contribution < 1.29 is 26.4 Å². The molecule has 4 aromatic carbocycles. The quantitative estimate of drug-likeness (QED) is 0.245. The molecular weight excluding hydrogens is 713 g/mol. The van der Waals surface area contributed by atoms with Crippen LogP contribution in [-0.2, 0) is 4.57 Å². The predicted octanol–water partition coefficient (Wildman–Crippen LogP) is 2.85. The molecular formula is C25H23Br3O2P2Se. The van der Waals surface area contributed by atoms with Gasteiger partial charge >= 0.3 is 39.6 Å². The van der Waals surface area contributed by atoms with Crippen LogP contribution in [0.3, 0.4) is 0 Å². The summed E-state index contributed by atoms with van der Waals surface area (Å²) >= 11 is 6.75. The van der Waals surface area contributed by atoms with Gasteiger partial charge in [0.2, 0.25) is 7.49 Å². The van der Waals surface area contributed by atoms with Gasteiger partial charge in [-0.3, -0.25) is 0 Å². The van der Waals surface area contributed by atoms with Crippen LogP contribution >= 0.6 is 42.9 Å². The Morgan fingerprint density at radius 1 is 0.636 bits per heavy atom. The number of hydrogen-bond acceptors (Lipinski definition) is 2. The van der Waals surface area contributed by atoms with Crippen molar-refractivity contribution in [3.8, 4) is 0 Å². The molecule has 4 aromatic rings. The van der Waals surface area contributed by atoms with Crippen LogP contribution in [0.5, 0.6) is 0 Å². The molecule has 0 spiro atoms. The molecule has 0 saturated heterocycles. The van der Waals surface area contributed by atoms with Crippen molar-refractivity contribution in [2.75, 3.05) is 5.90 Å². The van der Waals surface area contributed by atoms with Crippen LogP contribution in [-0.4, -0.2) is 22.1 Å². The molecule has 0 atom stereocenters. The second-order valence-corrected chi connectivity index (χ2v) is 21.4. The van der Waals surface area contributed by atoms with Gasteiger partial charge in [0.1, 0.15) is 10.6 Å². The topological polar surface area (TPSA) is 37.3 Å². The van der Waals surface area contributed by atoms with Gasteiger partial charge < -0.3 is 21.5 Å². The van der Waals surface area contributed by atoms with E-state index in [1.807, 2.05) is 121 Å². The molecule has 0 saturated carbocycles. The van der Waals surface area contributed by atoms with Crippen LogP contribution in [0.1, 0.15) is 0 Å². The summed E-state index contributed by atoms with van der Waals surface area (Å²) < 4.78 is 14.6. The second kappa shape index (κ2) is 14.1. The fourth-order valence-electron chi connectivity index (χ4n) is 3.60. The van der Waals surface area contributed by atoms with Crippen molar-refractivity contribution in [1.82, 2.24) is 0 Å². The normalized spacial score (nSPS) is 11.0. The molecule has 172 valence electrons. The van der Waals surface area contributed by atoms with E-state index in [0.29, 0.717) is 11.3 Å². The Morgan fingerprint density at radius 2 is 0.909 bits per heavy atom. The maximum absolute atomic E-state index is 14.6. The first kappa shape index (κ1) is 28.7. The summed E-state index contributed by atoms with van der Waals surface area (Å²) in [6.07, 6.45) is 0. The summed E-state index contributed by atoms with van der Waals surface area (Å²) in [6.45, 7) is 0. The second-order valence-electron chi connectivity index (χ2n) is 7.05. The van der Waals surface area contributed by atoms with Gasteiger partial charge in [-0.1, -0.05) is 97.1 Å². The summed E-state index contributed by atoms with van der Waals surface area (Å²) in [5.41, 5.74) is 0. The summed E-state index contributed by atoms with van der Waals surface area (Å²) in [5, 5.41) is 3.24. The third kappa shape index (κ3) is 7.23. The number of hydrogen-bond donors (Lipinski definition) is 1. The fraction of sp³-hybridized carbons (Fsp3) is 0.0400. The molecule has 0 aliphatic rings. The first-order valence-electron chi connectivity index (χ1n) is 9.86. The van der Waals surface area contributed by atoms with E-state index >= 15 is 0 Å². The third-order valence-corrected chi connectivity index (χ3v) is 12.9. The maximum atomic E-state index is 14.6. The van der Waals surface area contributed by atoms with E-state index in [-0.39, 0.29) is 22.9 Å². The molecule has 2 nitrogen and oxygen atoms in total. The Balaban J connectivity index is 0.000000914. The fourth-order valence-corrected chi connectivity index (χ4v) is 11.8. The number of rotatable bonds is 6. The Labute approximate surface area is 227 Å². The van der Waals surface area contributed by atoms with E-state index in [2.05, 4.69) is 28.2 Å². The zero-order valence-corrected chi connectivity index (χ0v) is 25.8. The first-order valence-corrected chi connectivity index (χ1v) is 21.7. The zero-order chi connectivity index (χ0) is 22.9. The van der Waals surface area contributed by atoms with Gasteiger partial charge in [-0.15, -0.1) is 0 Å². The van der Waals surface area contributed by atoms with Crippen molar-refractivity contribution in [2.45, 2.75) is 0 Å². The minimum atomic E-state index is -3.08. The van der Waals surface area contributed by atoms with Crippen molar-refractivity contribution in [3.05, 3.63) is 121 Å². The first-order chi connectivity index (χ1) is 15.5. The van der Waals surface area contributed by atoms with Crippen LogP contribution in [0, 0.1) is 0 Å². The maximum Gasteiger partial charge on any atom is 0.214 e. The molecule has 33 heavy (non-hydrogen) atoms. The van der Waals surface area contributed by atoms with Gasteiger partial charge in [0.15, 0.2) is 13.0 Å². The molecule has 0 amide bonds. The van der Waals surface area contributed by atoms with E-state index in [4.69, 9.17) is 0 Å². The van der Waals surface area contributed by atoms with Crippen LogP contribution in [0.2, 0.25) is 0 Å². The van der Waals surface area contributed by atoms with Crippen molar-refractivity contribution >= 4 is 75.4 Å². The number of halogens is 3. The van der Waals surface area contributed by atoms with Gasteiger partial charge in [-0.2, -0.15) is 0 Å². The van der Waals surface area contributed by atoms with Gasteiger partial charge in [-0.05, 0) is 24.3 Å². The molecule has 1 N–H and O–H groups in total. The smallest absolute Gasteiger partial charge is 0.214 e. The largest absolute Gasteiger partial charge is 1.00 e. The molecule has 0 aromatic heterocycles. The molecule has 0 fully saturated rings. The zero-order valence-electron chi connectivity index (χ0n) is 17.5. The summed E-state index contributed by atoms with van der Waals surface area (Å²) in [7, 11) is -5.97. The Morgan fingerprint density at radius 3 is 1.21 bits per heavy atom. The molecule has 0 radical (unpaired) electrons. The Hall–Kier alpha value is -0.541. The molecule has 0 aliphatic heterocycles. The average molecular weight is 736 g/mol. The van der Waals surface area contributed by atoms with Crippen molar-refractivity contribution in [1.29, 1.82) is 0 Å². The van der Waals surface area contributed by atoms with Crippen LogP contribution < -0.4 is 38.2 Å². The average Bonchev–Trinajstić information content (AvgIpc) is 2.86. The van der Waals surface area contributed by atoms with E-state index < -0.39 is 14.6 Å². The molecule has 4 rings (SSSR count).